The molecular weight excluding hydrogens is 464 g/mol. The lowest BCUT2D eigenvalue weighted by Crippen LogP contribution is -2.22. The highest BCUT2D eigenvalue weighted by Gasteiger charge is 2.16. The van der Waals surface area contributed by atoms with Gasteiger partial charge in [0.1, 0.15) is 10.7 Å². The number of H-pyrrole nitrogens is 1. The topological polar surface area (TPSA) is 80.6 Å². The second kappa shape index (κ2) is 8.54. The van der Waals surface area contributed by atoms with Gasteiger partial charge in [0.2, 0.25) is 0 Å². The van der Waals surface area contributed by atoms with E-state index in [1.807, 2.05) is 48.7 Å². The Bertz CT molecular complexity index is 1590. The van der Waals surface area contributed by atoms with Gasteiger partial charge in [-0.15, -0.1) is 11.3 Å². The smallest absolute Gasteiger partial charge is 0.262 e. The standard InChI is InChI=1S/C23H17ClN4O2S2/c1-2-28-22(30)14-8-4-6-10-17(14)25-23(28)32-12-18-26-20(29)19-15(11-31-21(19)27-18)13-7-3-5-9-16(13)24/h3-11H,2,12H2,1H3,(H,26,27,29). The highest BCUT2D eigenvalue weighted by molar-refractivity contribution is 7.98. The van der Waals surface area contributed by atoms with Crippen molar-refractivity contribution in [1.82, 2.24) is 19.5 Å². The molecule has 0 bridgehead atoms. The van der Waals surface area contributed by atoms with Crippen LogP contribution in [0.15, 0.2) is 68.7 Å². The Morgan fingerprint density at radius 1 is 1.06 bits per heavy atom. The number of thioether (sulfide) groups is 1. The molecule has 0 amide bonds. The Kier molecular flexibility index (Phi) is 5.58. The van der Waals surface area contributed by atoms with Crippen LogP contribution in [-0.4, -0.2) is 19.5 Å². The lowest BCUT2D eigenvalue weighted by Gasteiger charge is -2.11. The maximum Gasteiger partial charge on any atom is 0.262 e. The van der Waals surface area contributed by atoms with E-state index in [0.717, 1.165) is 11.1 Å². The molecule has 0 saturated heterocycles. The molecule has 3 aromatic heterocycles. The van der Waals surface area contributed by atoms with E-state index in [2.05, 4.69) is 15.0 Å². The van der Waals surface area contributed by atoms with E-state index < -0.39 is 0 Å². The lowest BCUT2D eigenvalue weighted by atomic mass is 10.1. The molecule has 2 aromatic carbocycles. The molecule has 0 atom stereocenters. The molecule has 0 spiro atoms. The Balaban J connectivity index is 1.51. The number of benzene rings is 2. The number of thiophene rings is 1. The van der Waals surface area contributed by atoms with Crippen LogP contribution in [0.1, 0.15) is 12.7 Å². The summed E-state index contributed by atoms with van der Waals surface area (Å²) in [5.41, 5.74) is 1.97. The number of nitrogens with one attached hydrogen (secondary N) is 1. The minimum Gasteiger partial charge on any atom is -0.309 e. The number of para-hydroxylation sites is 1. The summed E-state index contributed by atoms with van der Waals surface area (Å²) in [7, 11) is 0. The van der Waals surface area contributed by atoms with Crippen LogP contribution in [0, 0.1) is 0 Å². The van der Waals surface area contributed by atoms with Crippen LogP contribution in [0.5, 0.6) is 0 Å². The minimum absolute atomic E-state index is 0.0693. The first-order valence-corrected chi connectivity index (χ1v) is 12.2. The van der Waals surface area contributed by atoms with Crippen molar-refractivity contribution in [2.45, 2.75) is 24.4 Å². The van der Waals surface area contributed by atoms with Gasteiger partial charge in [-0.3, -0.25) is 14.2 Å². The molecule has 6 nitrogen and oxygen atoms in total. The molecule has 0 aliphatic rings. The first-order valence-electron chi connectivity index (χ1n) is 9.94. The van der Waals surface area contributed by atoms with Gasteiger partial charge in [-0.05, 0) is 25.1 Å². The van der Waals surface area contributed by atoms with Crippen molar-refractivity contribution in [3.63, 3.8) is 0 Å². The third kappa shape index (κ3) is 3.64. The first-order chi connectivity index (χ1) is 15.6. The van der Waals surface area contributed by atoms with Crippen LogP contribution in [0.4, 0.5) is 0 Å². The monoisotopic (exact) mass is 480 g/mol. The molecule has 3 heterocycles. The van der Waals surface area contributed by atoms with Gasteiger partial charge in [-0.1, -0.05) is 53.7 Å². The molecule has 0 aliphatic carbocycles. The zero-order valence-electron chi connectivity index (χ0n) is 17.0. The number of aromatic nitrogens is 4. The molecule has 0 saturated carbocycles. The fraction of sp³-hybridized carbons (Fsp3) is 0.130. The van der Waals surface area contributed by atoms with Crippen LogP contribution in [0.3, 0.4) is 0 Å². The Morgan fingerprint density at radius 2 is 1.84 bits per heavy atom. The van der Waals surface area contributed by atoms with Gasteiger partial charge in [0, 0.05) is 28.1 Å². The molecule has 0 fully saturated rings. The summed E-state index contributed by atoms with van der Waals surface area (Å²) >= 11 is 9.12. The molecule has 0 aliphatic heterocycles. The van der Waals surface area contributed by atoms with E-state index in [-0.39, 0.29) is 11.1 Å². The fourth-order valence-corrected chi connectivity index (χ4v) is 5.74. The SMILES string of the molecule is CCn1c(SCc2nc3scc(-c4ccccc4Cl)c3c(=O)[nH]2)nc2ccccc2c1=O. The zero-order valence-corrected chi connectivity index (χ0v) is 19.4. The van der Waals surface area contributed by atoms with Gasteiger partial charge < -0.3 is 4.98 Å². The predicted octanol–water partition coefficient (Wildman–Crippen LogP) is 5.33. The normalized spacial score (nSPS) is 11.4. The van der Waals surface area contributed by atoms with E-state index in [0.29, 0.717) is 49.4 Å². The van der Waals surface area contributed by atoms with Crippen LogP contribution in [-0.2, 0) is 12.3 Å². The summed E-state index contributed by atoms with van der Waals surface area (Å²) in [5, 5.41) is 4.22. The van der Waals surface area contributed by atoms with Crippen molar-refractivity contribution >= 4 is 55.8 Å². The Hall–Kier alpha value is -2.94. The molecular formula is C23H17ClN4O2S2. The van der Waals surface area contributed by atoms with Crippen molar-refractivity contribution < 1.29 is 0 Å². The molecule has 0 radical (unpaired) electrons. The lowest BCUT2D eigenvalue weighted by molar-refractivity contribution is 0.634. The van der Waals surface area contributed by atoms with Crippen LogP contribution < -0.4 is 11.1 Å². The van der Waals surface area contributed by atoms with E-state index in [1.54, 1.807) is 16.7 Å². The second-order valence-corrected chi connectivity index (χ2v) is 9.28. The zero-order chi connectivity index (χ0) is 22.2. The second-order valence-electron chi connectivity index (χ2n) is 7.07. The van der Waals surface area contributed by atoms with Crippen molar-refractivity contribution in [3.8, 4) is 11.1 Å². The molecule has 160 valence electrons. The highest BCUT2D eigenvalue weighted by atomic mass is 35.5. The van der Waals surface area contributed by atoms with Crippen molar-refractivity contribution in [2.75, 3.05) is 0 Å². The summed E-state index contributed by atoms with van der Waals surface area (Å²) in [5.74, 6) is 0.917. The van der Waals surface area contributed by atoms with Crippen LogP contribution >= 0.6 is 34.7 Å². The van der Waals surface area contributed by atoms with Crippen LogP contribution in [0.25, 0.3) is 32.2 Å². The molecule has 9 heteroatoms. The van der Waals surface area contributed by atoms with Crippen molar-refractivity contribution in [1.29, 1.82) is 0 Å². The van der Waals surface area contributed by atoms with Gasteiger partial charge >= 0.3 is 0 Å². The largest absolute Gasteiger partial charge is 0.309 e. The van der Waals surface area contributed by atoms with Gasteiger partial charge in [0.25, 0.3) is 11.1 Å². The molecule has 5 rings (SSSR count). The quantitative estimate of drug-likeness (QED) is 0.272. The van der Waals surface area contributed by atoms with Crippen molar-refractivity contribution in [2.24, 2.45) is 0 Å². The van der Waals surface area contributed by atoms with Gasteiger partial charge in [-0.25, -0.2) is 9.97 Å². The number of rotatable bonds is 5. The average molecular weight is 481 g/mol. The number of hydrogen-bond donors (Lipinski definition) is 1. The summed E-state index contributed by atoms with van der Waals surface area (Å²) in [6, 6.07) is 14.7. The fourth-order valence-electron chi connectivity index (χ4n) is 3.61. The maximum absolute atomic E-state index is 12.9. The molecule has 32 heavy (non-hydrogen) atoms. The maximum atomic E-state index is 12.9. The Morgan fingerprint density at radius 3 is 2.66 bits per heavy atom. The number of nitrogens with zero attached hydrogens (tertiary/aromatic N) is 3. The number of halogens is 1. The number of aromatic amines is 1. The first kappa shape index (κ1) is 20.9. The number of hydrogen-bond acceptors (Lipinski definition) is 6. The predicted molar refractivity (Wildman–Crippen MR) is 132 cm³/mol. The summed E-state index contributed by atoms with van der Waals surface area (Å²) < 4.78 is 1.64. The van der Waals surface area contributed by atoms with E-state index in [9.17, 15) is 9.59 Å². The summed E-state index contributed by atoms with van der Waals surface area (Å²) in [4.78, 5) is 38.6. The van der Waals surface area contributed by atoms with Gasteiger partial charge in [0.05, 0.1) is 22.0 Å². The van der Waals surface area contributed by atoms with E-state index in [1.165, 1.54) is 23.1 Å². The van der Waals surface area contributed by atoms with Crippen molar-refractivity contribution in [3.05, 3.63) is 85.5 Å². The average Bonchev–Trinajstić information content (AvgIpc) is 3.22. The third-order valence-corrected chi connectivity index (χ3v) is 7.33. The highest BCUT2D eigenvalue weighted by Crippen LogP contribution is 2.35. The third-order valence-electron chi connectivity index (χ3n) is 5.14. The Labute approximate surface area is 195 Å². The van der Waals surface area contributed by atoms with Gasteiger partial charge in [-0.2, -0.15) is 0 Å². The molecule has 5 aromatic rings. The van der Waals surface area contributed by atoms with Crippen LogP contribution in [0.2, 0.25) is 5.02 Å². The van der Waals surface area contributed by atoms with Gasteiger partial charge in [0.15, 0.2) is 5.16 Å². The molecule has 0 unspecified atom stereocenters. The summed E-state index contributed by atoms with van der Waals surface area (Å²) in [6.45, 7) is 2.42. The number of fused-ring (bicyclic) bond motifs is 2. The summed E-state index contributed by atoms with van der Waals surface area (Å²) in [6.07, 6.45) is 0. The van der Waals surface area contributed by atoms with E-state index in [4.69, 9.17) is 11.6 Å². The molecule has 1 N–H and O–H groups in total. The van der Waals surface area contributed by atoms with E-state index >= 15 is 0 Å². The minimum atomic E-state index is -0.207.